The lowest BCUT2D eigenvalue weighted by Gasteiger charge is -2.30. The van der Waals surface area contributed by atoms with Crippen LogP contribution in [0.5, 0.6) is 0 Å². The van der Waals surface area contributed by atoms with Gasteiger partial charge in [0.05, 0.1) is 10.7 Å². The van der Waals surface area contributed by atoms with Crippen LogP contribution < -0.4 is 15.5 Å². The molecule has 29 heavy (non-hydrogen) atoms. The lowest BCUT2D eigenvalue weighted by atomic mass is 9.82. The first-order chi connectivity index (χ1) is 14.0. The average Bonchev–Trinajstić information content (AvgIpc) is 2.93. The second-order valence-electron chi connectivity index (χ2n) is 8.23. The summed E-state index contributed by atoms with van der Waals surface area (Å²) in [4.78, 5) is 40.9. The first-order valence-corrected chi connectivity index (χ1v) is 10.8. The average molecular weight is 419 g/mol. The van der Waals surface area contributed by atoms with Crippen molar-refractivity contribution in [3.8, 4) is 0 Å². The van der Waals surface area contributed by atoms with E-state index in [1.54, 1.807) is 6.07 Å². The number of anilines is 2. The van der Waals surface area contributed by atoms with E-state index in [1.165, 1.54) is 6.42 Å². The number of urea groups is 1. The minimum Gasteiger partial charge on any atom is -0.370 e. The number of piperidine rings is 1. The summed E-state index contributed by atoms with van der Waals surface area (Å²) in [6.07, 6.45) is 7.73. The van der Waals surface area contributed by atoms with Crippen LogP contribution in [0.2, 0.25) is 5.02 Å². The zero-order chi connectivity index (χ0) is 20.4. The molecule has 4 amide bonds. The van der Waals surface area contributed by atoms with Gasteiger partial charge in [-0.15, -0.1) is 0 Å². The third-order valence-corrected chi connectivity index (χ3v) is 6.49. The smallest absolute Gasteiger partial charge is 0.325 e. The van der Waals surface area contributed by atoms with E-state index in [0.29, 0.717) is 23.6 Å². The summed E-state index contributed by atoms with van der Waals surface area (Å²) >= 11 is 6.44. The molecule has 0 radical (unpaired) electrons. The van der Waals surface area contributed by atoms with Crippen molar-refractivity contribution in [3.05, 3.63) is 23.2 Å². The topological polar surface area (TPSA) is 81.8 Å². The number of halogens is 1. The third-order valence-electron chi connectivity index (χ3n) is 6.18. The molecule has 0 aromatic heterocycles. The van der Waals surface area contributed by atoms with Gasteiger partial charge in [0.25, 0.3) is 5.91 Å². The van der Waals surface area contributed by atoms with Gasteiger partial charge in [0.15, 0.2) is 0 Å². The highest BCUT2D eigenvalue weighted by Crippen LogP contribution is 2.34. The van der Waals surface area contributed by atoms with Gasteiger partial charge < -0.3 is 15.5 Å². The quantitative estimate of drug-likeness (QED) is 0.733. The Bertz CT molecular complexity index is 816. The van der Waals surface area contributed by atoms with Crippen LogP contribution in [0.3, 0.4) is 0 Å². The van der Waals surface area contributed by atoms with Gasteiger partial charge in [-0.05, 0) is 50.3 Å². The number of hydrogen-bond donors (Lipinski definition) is 2. The number of carbonyl (C=O) groups is 3. The molecule has 0 bridgehead atoms. The maximum atomic E-state index is 12.8. The van der Waals surface area contributed by atoms with Crippen molar-refractivity contribution in [1.29, 1.82) is 0 Å². The fourth-order valence-corrected chi connectivity index (χ4v) is 4.93. The van der Waals surface area contributed by atoms with E-state index in [1.807, 2.05) is 12.1 Å². The number of benzene rings is 1. The molecule has 0 atom stereocenters. The fraction of sp³-hybridized carbons (Fsp3) is 0.571. The van der Waals surface area contributed by atoms with Crippen LogP contribution in [0.4, 0.5) is 16.2 Å². The maximum absolute atomic E-state index is 12.8. The van der Waals surface area contributed by atoms with Gasteiger partial charge in [0.2, 0.25) is 5.91 Å². The molecule has 2 saturated heterocycles. The summed E-state index contributed by atoms with van der Waals surface area (Å²) < 4.78 is 0. The van der Waals surface area contributed by atoms with Crippen molar-refractivity contribution >= 4 is 40.8 Å². The minimum atomic E-state index is -0.811. The number of imide groups is 1. The first-order valence-electron chi connectivity index (χ1n) is 10.5. The number of nitrogens with zero attached hydrogens (tertiary/aromatic N) is 2. The third kappa shape index (κ3) is 4.06. The number of carbonyl (C=O) groups excluding carboxylic acids is 3. The Morgan fingerprint density at radius 3 is 2.45 bits per heavy atom. The number of nitrogens with one attached hydrogen (secondary N) is 2. The molecule has 1 aromatic carbocycles. The van der Waals surface area contributed by atoms with Gasteiger partial charge in [0.1, 0.15) is 12.1 Å². The molecular formula is C21H27ClN4O3. The van der Waals surface area contributed by atoms with Crippen molar-refractivity contribution in [2.24, 2.45) is 0 Å². The van der Waals surface area contributed by atoms with Crippen LogP contribution >= 0.6 is 11.6 Å². The zero-order valence-corrected chi connectivity index (χ0v) is 17.3. The van der Waals surface area contributed by atoms with Crippen LogP contribution in [-0.2, 0) is 9.59 Å². The standard InChI is InChI=1S/C21H27ClN4O3/c22-16-13-15(7-8-17(16)25-11-5-2-6-12-25)23-18(27)14-26-19(28)21(24-20(26)29)9-3-1-4-10-21/h7-8,13H,1-6,9-12,14H2,(H,23,27)(H,24,29). The second-order valence-corrected chi connectivity index (χ2v) is 8.63. The van der Waals surface area contributed by atoms with Gasteiger partial charge in [-0.1, -0.05) is 30.9 Å². The van der Waals surface area contributed by atoms with Crippen LogP contribution in [-0.4, -0.2) is 47.9 Å². The molecule has 2 N–H and O–H groups in total. The SMILES string of the molecule is O=C(CN1C(=O)NC2(CCCCC2)C1=O)Nc1ccc(N2CCCCC2)c(Cl)c1. The lowest BCUT2D eigenvalue weighted by Crippen LogP contribution is -2.48. The highest BCUT2D eigenvalue weighted by atomic mass is 35.5. The minimum absolute atomic E-state index is 0.282. The predicted octanol–water partition coefficient (Wildman–Crippen LogP) is 3.52. The van der Waals surface area contributed by atoms with E-state index in [0.717, 1.165) is 55.8 Å². The molecule has 4 rings (SSSR count). The Hall–Kier alpha value is -2.28. The second kappa shape index (κ2) is 8.22. The molecule has 156 valence electrons. The molecule has 2 heterocycles. The first kappa shape index (κ1) is 20.0. The van der Waals surface area contributed by atoms with Crippen molar-refractivity contribution in [2.75, 3.05) is 29.9 Å². The van der Waals surface area contributed by atoms with Crippen molar-refractivity contribution in [3.63, 3.8) is 0 Å². The molecule has 1 spiro atoms. The fourth-order valence-electron chi connectivity index (χ4n) is 4.63. The van der Waals surface area contributed by atoms with Gasteiger partial charge in [0, 0.05) is 18.8 Å². The summed E-state index contributed by atoms with van der Waals surface area (Å²) in [6.45, 7) is 1.68. The molecule has 3 aliphatic rings. The Balaban J connectivity index is 1.39. The zero-order valence-electron chi connectivity index (χ0n) is 16.5. The monoisotopic (exact) mass is 418 g/mol. The van der Waals surface area contributed by atoms with E-state index in [2.05, 4.69) is 15.5 Å². The van der Waals surface area contributed by atoms with E-state index in [-0.39, 0.29) is 12.5 Å². The van der Waals surface area contributed by atoms with Gasteiger partial charge in [-0.25, -0.2) is 4.79 Å². The van der Waals surface area contributed by atoms with Gasteiger partial charge in [-0.2, -0.15) is 0 Å². The highest BCUT2D eigenvalue weighted by Gasteiger charge is 2.51. The largest absolute Gasteiger partial charge is 0.370 e. The predicted molar refractivity (Wildman–Crippen MR) is 112 cm³/mol. The Kier molecular flexibility index (Phi) is 5.67. The summed E-state index contributed by atoms with van der Waals surface area (Å²) in [7, 11) is 0. The van der Waals surface area contributed by atoms with Crippen molar-refractivity contribution < 1.29 is 14.4 Å². The summed E-state index contributed by atoms with van der Waals surface area (Å²) in [6, 6.07) is 4.96. The van der Waals surface area contributed by atoms with Crippen molar-refractivity contribution in [1.82, 2.24) is 10.2 Å². The van der Waals surface area contributed by atoms with E-state index >= 15 is 0 Å². The molecular weight excluding hydrogens is 392 g/mol. The summed E-state index contributed by atoms with van der Waals surface area (Å²) in [5, 5.41) is 6.16. The lowest BCUT2D eigenvalue weighted by molar-refractivity contribution is -0.134. The Morgan fingerprint density at radius 1 is 1.07 bits per heavy atom. The van der Waals surface area contributed by atoms with Crippen LogP contribution in [0.15, 0.2) is 18.2 Å². The summed E-state index contributed by atoms with van der Waals surface area (Å²) in [5.41, 5.74) is 0.715. The molecule has 3 fully saturated rings. The molecule has 0 unspecified atom stereocenters. The number of rotatable bonds is 4. The van der Waals surface area contributed by atoms with E-state index in [9.17, 15) is 14.4 Å². The van der Waals surface area contributed by atoms with E-state index in [4.69, 9.17) is 11.6 Å². The Labute approximate surface area is 175 Å². The molecule has 7 nitrogen and oxygen atoms in total. The van der Waals surface area contributed by atoms with Crippen LogP contribution in [0.25, 0.3) is 0 Å². The van der Waals surface area contributed by atoms with E-state index < -0.39 is 17.5 Å². The highest BCUT2D eigenvalue weighted by molar-refractivity contribution is 6.33. The van der Waals surface area contributed by atoms with Gasteiger partial charge >= 0.3 is 6.03 Å². The summed E-state index contributed by atoms with van der Waals surface area (Å²) in [5.74, 6) is -0.695. The maximum Gasteiger partial charge on any atom is 0.325 e. The molecule has 8 heteroatoms. The number of hydrogen-bond acceptors (Lipinski definition) is 4. The normalized spacial score (nSPS) is 21.4. The molecule has 1 saturated carbocycles. The number of amides is 4. The molecule has 2 aliphatic heterocycles. The van der Waals surface area contributed by atoms with Gasteiger partial charge in [-0.3, -0.25) is 14.5 Å². The Morgan fingerprint density at radius 2 is 1.76 bits per heavy atom. The molecule has 1 aromatic rings. The van der Waals surface area contributed by atoms with Crippen LogP contribution in [0, 0.1) is 0 Å². The van der Waals surface area contributed by atoms with Crippen molar-refractivity contribution in [2.45, 2.75) is 56.9 Å². The van der Waals surface area contributed by atoms with Crippen LogP contribution in [0.1, 0.15) is 51.4 Å². The molecule has 1 aliphatic carbocycles.